The molecule has 0 N–H and O–H groups in total. The van der Waals surface area contributed by atoms with E-state index in [1.54, 1.807) is 0 Å². The van der Waals surface area contributed by atoms with E-state index >= 15 is 0 Å². The Kier molecular flexibility index (Phi) is 2.99. The number of ether oxygens (including phenoxy) is 1. The van der Waals surface area contributed by atoms with Crippen molar-refractivity contribution in [3.8, 4) is 67.4 Å². The normalized spacial score (nSPS) is 20.2. The molecular formula is C54H32BNO3. The van der Waals surface area contributed by atoms with Gasteiger partial charge in [0.1, 0.15) is 28.4 Å². The van der Waals surface area contributed by atoms with E-state index in [1.165, 1.54) is 0 Å². The Labute approximate surface area is 385 Å². The van der Waals surface area contributed by atoms with Gasteiger partial charge in [-0.2, -0.15) is 0 Å². The van der Waals surface area contributed by atoms with E-state index in [0.29, 0.717) is 0 Å². The van der Waals surface area contributed by atoms with Crippen LogP contribution in [0, 0.1) is 0 Å². The molecule has 11 aromatic rings. The minimum Gasteiger partial charge on any atom is -0.551 e. The van der Waals surface area contributed by atoms with E-state index in [9.17, 15) is 17.8 Å². The van der Waals surface area contributed by atoms with Crippen LogP contribution in [0.2, 0.25) is 0 Å². The van der Waals surface area contributed by atoms with Crippen LogP contribution in [0.25, 0.3) is 93.9 Å². The molecule has 0 atom stereocenters. The summed E-state index contributed by atoms with van der Waals surface area (Å²) in [5.74, 6) is -2.50. The van der Waals surface area contributed by atoms with Crippen molar-refractivity contribution < 1.29 is 57.7 Å². The highest BCUT2D eigenvalue weighted by atomic mass is 16.5. The van der Waals surface area contributed by atoms with Crippen LogP contribution >= 0.6 is 0 Å². The average Bonchev–Trinajstić information content (AvgIpc) is 1.10. The highest BCUT2D eigenvalue weighted by Crippen LogP contribution is 2.46. The van der Waals surface area contributed by atoms with Gasteiger partial charge in [-0.15, -0.1) is 0 Å². The molecule has 2 aliphatic heterocycles. The largest absolute Gasteiger partial charge is 0.551 e. The number of para-hydroxylation sites is 6. The van der Waals surface area contributed by atoms with Crippen LogP contribution in [0.4, 0.5) is 0 Å². The van der Waals surface area contributed by atoms with Crippen LogP contribution in [-0.4, -0.2) is 11.5 Å². The zero-order chi connectivity index (χ0) is 66.5. The van der Waals surface area contributed by atoms with Gasteiger partial charge in [0.25, 0.3) is 0 Å². The highest BCUT2D eigenvalue weighted by Gasteiger charge is 2.41. The molecule has 0 amide bonds. The Morgan fingerprint density at radius 2 is 1.05 bits per heavy atom. The van der Waals surface area contributed by atoms with Gasteiger partial charge in [-0.25, -0.2) is 0 Å². The van der Waals surface area contributed by atoms with Crippen LogP contribution in [0.5, 0.6) is 17.2 Å². The summed E-state index contributed by atoms with van der Waals surface area (Å²) in [5.41, 5.74) is -11.1. The number of hydrogen-bond donors (Lipinski definition) is 0. The SMILES string of the molecule is [2H]c1c([2H])c([2H])c2c(c1[2H])OB1c3c([2H])c([2H])c(-c4c([2H])c([2H])c([2H])c([2H])c4-n4c5c([2H])c([2H])c([2H])c([2H])c5c5c([2H])c([2H])c([2H])c([2H])c54)c([2H])c3Oc3c([2H])c(-c4c([2H])c([2H])c([2H])c([2H])c4-c4c([2H])c([2H])c([2H])c5c4oc4c([2H])c([2H])c([2H])c([2H])c45)c([2H])c-2c31. The van der Waals surface area contributed by atoms with Gasteiger partial charge < -0.3 is 18.4 Å². The van der Waals surface area contributed by atoms with Crippen molar-refractivity contribution in [1.82, 2.24) is 4.57 Å². The van der Waals surface area contributed by atoms with Crippen molar-refractivity contribution in [1.29, 1.82) is 0 Å². The predicted octanol–water partition coefficient (Wildman–Crippen LogP) is 13.0. The summed E-state index contributed by atoms with van der Waals surface area (Å²) in [5, 5.41) is -2.06. The van der Waals surface area contributed by atoms with Gasteiger partial charge in [0, 0.05) is 49.2 Å². The predicted molar refractivity (Wildman–Crippen MR) is 242 cm³/mol. The Morgan fingerprint density at radius 1 is 0.424 bits per heavy atom. The van der Waals surface area contributed by atoms with E-state index in [0.717, 1.165) is 4.57 Å². The van der Waals surface area contributed by atoms with Crippen molar-refractivity contribution in [2.75, 3.05) is 0 Å². The lowest BCUT2D eigenvalue weighted by Crippen LogP contribution is -2.53. The van der Waals surface area contributed by atoms with Gasteiger partial charge >= 0.3 is 6.92 Å². The van der Waals surface area contributed by atoms with E-state index in [-0.39, 0.29) is 0 Å². The van der Waals surface area contributed by atoms with Crippen LogP contribution < -0.4 is 20.3 Å². The van der Waals surface area contributed by atoms with E-state index in [4.69, 9.17) is 39.9 Å². The molecule has 9 aromatic carbocycles. The van der Waals surface area contributed by atoms with E-state index < -0.39 is 322 Å². The lowest BCUT2D eigenvalue weighted by Gasteiger charge is -2.33. The number of rotatable bonds is 4. The molecule has 0 bridgehead atoms. The van der Waals surface area contributed by atoms with Crippen molar-refractivity contribution >= 4 is 61.6 Å². The Bertz CT molecular complexity index is 5330. The summed E-state index contributed by atoms with van der Waals surface area (Å²) in [6.07, 6.45) is 0. The quantitative estimate of drug-likeness (QED) is 0.167. The van der Waals surface area contributed by atoms with Crippen molar-refractivity contribution in [3.63, 3.8) is 0 Å². The standard InChI is InChI=1S/C54H32BNO3/c1-2-16-37(42-21-13-22-43-40-19-6-11-26-49(40)58-54(42)43)35(14-1)34-30-44-41-20-7-12-27-50(41)59-55-45-29-28-33(31-51(45)57-52(32-34)53(44)55)36-15-3-8-23-46(36)56-47-24-9-4-17-38(47)39-18-5-10-25-48(39)56/h1-32H/i1D,2D,3D,4D,5D,6D,7D,8D,9D,10D,11D,12D,13D,14D,15D,16D,17D,18D,19D,20D,21D,22D,23D,24D,25D,26D,27D,28D,29D,30D,31D,32D. The summed E-state index contributed by atoms with van der Waals surface area (Å²) in [4.78, 5) is 0. The first kappa shape index (κ1) is 14.3. The molecule has 59 heavy (non-hydrogen) atoms. The molecule has 2 aliphatic rings. The van der Waals surface area contributed by atoms with Gasteiger partial charge in [0.05, 0.1) is 60.6 Å². The number of fused-ring (bicyclic) bond motifs is 10. The van der Waals surface area contributed by atoms with E-state index in [2.05, 4.69) is 0 Å². The van der Waals surface area contributed by atoms with Crippen LogP contribution in [0.15, 0.2) is 198 Å². The maximum Gasteiger partial charge on any atom is 0.434 e. The van der Waals surface area contributed by atoms with Crippen molar-refractivity contribution in [2.45, 2.75) is 0 Å². The third kappa shape index (κ3) is 4.73. The minimum absolute atomic E-state index is 0.461. The summed E-state index contributed by atoms with van der Waals surface area (Å²) in [6.45, 7) is -2.05. The van der Waals surface area contributed by atoms with Gasteiger partial charge in [-0.05, 0) is 76.2 Å². The first-order valence-corrected chi connectivity index (χ1v) is 17.5. The number of hydrogen-bond acceptors (Lipinski definition) is 3. The van der Waals surface area contributed by atoms with Crippen LogP contribution in [0.3, 0.4) is 0 Å². The second-order valence-corrected chi connectivity index (χ2v) is 13.1. The molecule has 0 saturated carbocycles. The fraction of sp³-hybridized carbons (Fsp3) is 0. The van der Waals surface area contributed by atoms with Crippen LogP contribution in [0.1, 0.15) is 43.9 Å². The molecule has 0 unspecified atom stereocenters. The molecule has 0 fully saturated rings. The van der Waals surface area contributed by atoms with Gasteiger partial charge in [0.2, 0.25) is 0 Å². The molecule has 0 spiro atoms. The fourth-order valence-electron chi connectivity index (χ4n) is 7.50. The maximum atomic E-state index is 10.2. The lowest BCUT2D eigenvalue weighted by molar-refractivity contribution is 0.480. The molecule has 0 saturated heterocycles. The van der Waals surface area contributed by atoms with Gasteiger partial charge in [-0.3, -0.25) is 0 Å². The zero-order valence-corrected chi connectivity index (χ0v) is 29.2. The summed E-state index contributed by atoms with van der Waals surface area (Å²) in [6, 6.07) is -30.4. The number of furan rings is 1. The lowest BCUT2D eigenvalue weighted by atomic mass is 9.50. The topological polar surface area (TPSA) is 36.5 Å². The number of aromatic nitrogens is 1. The van der Waals surface area contributed by atoms with E-state index in [1.807, 2.05) is 0 Å². The summed E-state index contributed by atoms with van der Waals surface area (Å²) < 4.78 is 312. The Hall–Kier alpha value is -7.76. The second kappa shape index (κ2) is 12.4. The molecule has 0 aliphatic carbocycles. The molecule has 274 valence electrons. The Morgan fingerprint density at radius 3 is 1.88 bits per heavy atom. The molecule has 5 heteroatoms. The third-order valence-corrected chi connectivity index (χ3v) is 9.97. The second-order valence-electron chi connectivity index (χ2n) is 13.1. The monoisotopic (exact) mass is 785 g/mol. The Balaban J connectivity index is 1.18. The van der Waals surface area contributed by atoms with Gasteiger partial charge in [-0.1, -0.05) is 145 Å². The summed E-state index contributed by atoms with van der Waals surface area (Å²) in [7, 11) is 0. The highest BCUT2D eigenvalue weighted by molar-refractivity contribution is 6.84. The summed E-state index contributed by atoms with van der Waals surface area (Å²) >= 11 is 0. The first-order valence-electron chi connectivity index (χ1n) is 33.5. The smallest absolute Gasteiger partial charge is 0.434 e. The fourth-order valence-corrected chi connectivity index (χ4v) is 7.50. The molecule has 2 aromatic heterocycles. The van der Waals surface area contributed by atoms with Crippen molar-refractivity contribution in [2.24, 2.45) is 0 Å². The molecule has 4 nitrogen and oxygen atoms in total. The molecule has 0 radical (unpaired) electrons. The number of nitrogens with zero attached hydrogens (tertiary/aromatic N) is 1. The molecular weight excluding hydrogens is 721 g/mol. The third-order valence-electron chi connectivity index (χ3n) is 9.97. The molecule has 4 heterocycles. The number of benzene rings is 9. The maximum absolute atomic E-state index is 10.2. The van der Waals surface area contributed by atoms with Gasteiger partial charge in [0.15, 0.2) is 0 Å². The minimum atomic E-state index is -2.05. The zero-order valence-electron chi connectivity index (χ0n) is 61.2. The molecule has 13 rings (SSSR count). The first-order chi connectivity index (χ1) is 42.6. The van der Waals surface area contributed by atoms with Crippen LogP contribution in [-0.2, 0) is 0 Å². The average molecular weight is 786 g/mol. The van der Waals surface area contributed by atoms with Crippen molar-refractivity contribution in [3.05, 3.63) is 193 Å².